The molecule has 2 aliphatic rings. The third-order valence-electron chi connectivity index (χ3n) is 5.34. The van der Waals surface area contributed by atoms with Crippen LogP contribution in [-0.2, 0) is 14.3 Å². The molecule has 0 spiro atoms. The summed E-state index contributed by atoms with van der Waals surface area (Å²) in [6.45, 7) is 3.22. The molecule has 2 N–H and O–H groups in total. The highest BCUT2D eigenvalue weighted by Crippen LogP contribution is 2.40. The van der Waals surface area contributed by atoms with E-state index in [2.05, 4.69) is 10.6 Å². The molecule has 1 aliphatic carbocycles. The first-order valence-corrected chi connectivity index (χ1v) is 8.20. The van der Waals surface area contributed by atoms with E-state index in [1.807, 2.05) is 0 Å². The van der Waals surface area contributed by atoms with Crippen molar-refractivity contribution in [3.63, 3.8) is 0 Å². The summed E-state index contributed by atoms with van der Waals surface area (Å²) >= 11 is 0. The van der Waals surface area contributed by atoms with Gasteiger partial charge in [-0.25, -0.2) is 0 Å². The molecule has 0 aromatic carbocycles. The standard InChI is InChI=1S/C16H30N2O3/c1-20-12-9-15(5-3-4-6-15)13-18-14(19)16(21-2)7-10-17-11-8-16/h17H,3-13H2,1-2H3,(H,18,19). The van der Waals surface area contributed by atoms with Gasteiger partial charge in [-0.15, -0.1) is 0 Å². The molecule has 2 fully saturated rings. The van der Waals surface area contributed by atoms with Crippen molar-refractivity contribution in [3.8, 4) is 0 Å². The number of ether oxygens (including phenoxy) is 2. The van der Waals surface area contributed by atoms with Gasteiger partial charge in [0.15, 0.2) is 0 Å². The fourth-order valence-corrected chi connectivity index (χ4v) is 3.74. The number of hydrogen-bond donors (Lipinski definition) is 2. The highest BCUT2D eigenvalue weighted by atomic mass is 16.5. The zero-order valence-electron chi connectivity index (χ0n) is 13.5. The Morgan fingerprint density at radius 2 is 1.81 bits per heavy atom. The second kappa shape index (κ2) is 7.56. The lowest BCUT2D eigenvalue weighted by Crippen LogP contribution is -2.55. The fourth-order valence-electron chi connectivity index (χ4n) is 3.74. The number of rotatable bonds is 7. The molecule has 0 unspecified atom stereocenters. The summed E-state index contributed by atoms with van der Waals surface area (Å²) < 4.78 is 10.8. The zero-order valence-corrected chi connectivity index (χ0v) is 13.5. The molecule has 1 heterocycles. The van der Waals surface area contributed by atoms with Crippen molar-refractivity contribution in [1.29, 1.82) is 0 Å². The molecule has 0 bridgehead atoms. The van der Waals surface area contributed by atoms with Crippen LogP contribution in [-0.4, -0.2) is 52.0 Å². The number of piperidine rings is 1. The van der Waals surface area contributed by atoms with E-state index >= 15 is 0 Å². The largest absolute Gasteiger partial charge is 0.385 e. The number of hydrogen-bond acceptors (Lipinski definition) is 4. The quantitative estimate of drug-likeness (QED) is 0.747. The van der Waals surface area contributed by atoms with Gasteiger partial charge in [0, 0.05) is 27.4 Å². The molecule has 1 saturated carbocycles. The molecular formula is C16H30N2O3. The van der Waals surface area contributed by atoms with Crippen molar-refractivity contribution < 1.29 is 14.3 Å². The molecule has 1 saturated heterocycles. The molecule has 5 heteroatoms. The van der Waals surface area contributed by atoms with Gasteiger partial charge < -0.3 is 20.1 Å². The molecule has 0 aromatic heterocycles. The first kappa shape index (κ1) is 16.7. The van der Waals surface area contributed by atoms with E-state index < -0.39 is 5.60 Å². The Balaban J connectivity index is 1.91. The maximum absolute atomic E-state index is 12.6. The molecule has 5 nitrogen and oxygen atoms in total. The van der Waals surface area contributed by atoms with Gasteiger partial charge in [0.05, 0.1) is 0 Å². The SMILES string of the molecule is COCCC1(CNC(=O)C2(OC)CCNCC2)CCCC1. The van der Waals surface area contributed by atoms with Crippen molar-refractivity contribution in [3.05, 3.63) is 0 Å². The Labute approximate surface area is 128 Å². The second-order valence-electron chi connectivity index (χ2n) is 6.58. The van der Waals surface area contributed by atoms with E-state index in [1.54, 1.807) is 14.2 Å². The summed E-state index contributed by atoms with van der Waals surface area (Å²) in [6.07, 6.45) is 7.44. The summed E-state index contributed by atoms with van der Waals surface area (Å²) in [6, 6.07) is 0. The van der Waals surface area contributed by atoms with Crippen LogP contribution in [0.25, 0.3) is 0 Å². The Bertz CT molecular complexity index is 334. The number of carbonyl (C=O) groups is 1. The van der Waals surface area contributed by atoms with Gasteiger partial charge in [-0.2, -0.15) is 0 Å². The van der Waals surface area contributed by atoms with Gasteiger partial charge in [-0.1, -0.05) is 12.8 Å². The monoisotopic (exact) mass is 298 g/mol. The summed E-state index contributed by atoms with van der Waals surface area (Å²) in [7, 11) is 3.40. The summed E-state index contributed by atoms with van der Waals surface area (Å²) in [5.74, 6) is 0.0650. The van der Waals surface area contributed by atoms with E-state index in [0.29, 0.717) is 0 Å². The number of nitrogens with one attached hydrogen (secondary N) is 2. The Hall–Kier alpha value is -0.650. The van der Waals surface area contributed by atoms with E-state index in [-0.39, 0.29) is 11.3 Å². The molecule has 2 rings (SSSR count). The first-order chi connectivity index (χ1) is 10.2. The topological polar surface area (TPSA) is 59.6 Å². The highest BCUT2D eigenvalue weighted by molar-refractivity contribution is 5.85. The minimum Gasteiger partial charge on any atom is -0.385 e. The van der Waals surface area contributed by atoms with Crippen LogP contribution in [0.2, 0.25) is 0 Å². The number of carbonyl (C=O) groups excluding carboxylic acids is 1. The average Bonchev–Trinajstić information content (AvgIpc) is 3.00. The summed E-state index contributed by atoms with van der Waals surface area (Å²) in [5.41, 5.74) is -0.403. The molecule has 0 aromatic rings. The summed E-state index contributed by atoms with van der Waals surface area (Å²) in [4.78, 5) is 12.6. The van der Waals surface area contributed by atoms with Gasteiger partial charge in [0.2, 0.25) is 0 Å². The van der Waals surface area contributed by atoms with Gasteiger partial charge >= 0.3 is 0 Å². The van der Waals surface area contributed by atoms with E-state index in [4.69, 9.17) is 9.47 Å². The second-order valence-corrected chi connectivity index (χ2v) is 6.58. The molecule has 1 amide bonds. The van der Waals surface area contributed by atoms with E-state index in [0.717, 1.165) is 45.5 Å². The van der Waals surface area contributed by atoms with E-state index in [9.17, 15) is 4.79 Å². The van der Waals surface area contributed by atoms with Crippen LogP contribution in [0.1, 0.15) is 44.9 Å². The number of amides is 1. The van der Waals surface area contributed by atoms with Crippen LogP contribution in [0.5, 0.6) is 0 Å². The van der Waals surface area contributed by atoms with Crippen LogP contribution >= 0.6 is 0 Å². The van der Waals surface area contributed by atoms with Gasteiger partial charge in [0.25, 0.3) is 5.91 Å². The molecular weight excluding hydrogens is 268 g/mol. The molecule has 21 heavy (non-hydrogen) atoms. The minimum absolute atomic E-state index is 0.0650. The predicted molar refractivity (Wildman–Crippen MR) is 82.2 cm³/mol. The van der Waals surface area contributed by atoms with Gasteiger partial charge in [-0.3, -0.25) is 4.79 Å². The Kier molecular flexibility index (Phi) is 6.02. The van der Waals surface area contributed by atoms with Crippen molar-refractivity contribution in [2.45, 2.75) is 50.5 Å². The van der Waals surface area contributed by atoms with Crippen LogP contribution in [0.3, 0.4) is 0 Å². The highest BCUT2D eigenvalue weighted by Gasteiger charge is 2.41. The normalized spacial score (nSPS) is 23.9. The Morgan fingerprint density at radius 3 is 2.38 bits per heavy atom. The molecule has 0 radical (unpaired) electrons. The van der Waals surface area contributed by atoms with E-state index in [1.165, 1.54) is 25.7 Å². The van der Waals surface area contributed by atoms with Crippen LogP contribution in [0, 0.1) is 5.41 Å². The third kappa shape index (κ3) is 3.96. The first-order valence-electron chi connectivity index (χ1n) is 8.20. The molecule has 122 valence electrons. The zero-order chi connectivity index (χ0) is 15.2. The molecule has 0 atom stereocenters. The fraction of sp³-hybridized carbons (Fsp3) is 0.938. The van der Waals surface area contributed by atoms with Crippen molar-refractivity contribution in [2.75, 3.05) is 40.5 Å². The average molecular weight is 298 g/mol. The van der Waals surface area contributed by atoms with Crippen molar-refractivity contribution in [2.24, 2.45) is 5.41 Å². The van der Waals surface area contributed by atoms with Crippen LogP contribution in [0.4, 0.5) is 0 Å². The maximum atomic E-state index is 12.6. The maximum Gasteiger partial charge on any atom is 0.252 e. The lowest BCUT2D eigenvalue weighted by Gasteiger charge is -2.36. The van der Waals surface area contributed by atoms with Gasteiger partial charge in [-0.05, 0) is 50.6 Å². The summed E-state index contributed by atoms with van der Waals surface area (Å²) in [5, 5.41) is 6.47. The van der Waals surface area contributed by atoms with Crippen LogP contribution in [0.15, 0.2) is 0 Å². The van der Waals surface area contributed by atoms with Crippen molar-refractivity contribution in [1.82, 2.24) is 10.6 Å². The smallest absolute Gasteiger partial charge is 0.252 e. The number of methoxy groups -OCH3 is 2. The van der Waals surface area contributed by atoms with Crippen LogP contribution < -0.4 is 10.6 Å². The third-order valence-corrected chi connectivity index (χ3v) is 5.34. The lowest BCUT2D eigenvalue weighted by atomic mass is 9.82. The minimum atomic E-state index is -0.633. The predicted octanol–water partition coefficient (Wildman–Crippen LogP) is 1.47. The Morgan fingerprint density at radius 1 is 1.14 bits per heavy atom. The van der Waals surface area contributed by atoms with Crippen molar-refractivity contribution >= 4 is 5.91 Å². The lowest BCUT2D eigenvalue weighted by molar-refractivity contribution is -0.147. The molecule has 1 aliphatic heterocycles. The van der Waals surface area contributed by atoms with Gasteiger partial charge in [0.1, 0.15) is 5.60 Å².